The number of anilines is 1. The molecule has 2 fully saturated rings. The van der Waals surface area contributed by atoms with Crippen molar-refractivity contribution in [3.63, 3.8) is 0 Å². The molecule has 1 saturated carbocycles. The Bertz CT molecular complexity index is 497. The first-order chi connectivity index (χ1) is 10.7. The highest BCUT2D eigenvalue weighted by Crippen LogP contribution is 2.33. The number of piperazine rings is 1. The number of halogens is 2. The highest BCUT2D eigenvalue weighted by Gasteiger charge is 2.34. The maximum atomic E-state index is 13.4. The van der Waals surface area contributed by atoms with Crippen molar-refractivity contribution in [1.29, 1.82) is 0 Å². The van der Waals surface area contributed by atoms with Crippen LogP contribution >= 0.6 is 11.6 Å². The summed E-state index contributed by atoms with van der Waals surface area (Å²) in [6.45, 7) is 5.33. The number of rotatable bonds is 4. The van der Waals surface area contributed by atoms with Crippen molar-refractivity contribution in [3.8, 4) is 0 Å². The van der Waals surface area contributed by atoms with Crippen LogP contribution in [0.2, 0.25) is 5.02 Å². The van der Waals surface area contributed by atoms with Gasteiger partial charge in [0.05, 0.1) is 10.6 Å². The summed E-state index contributed by atoms with van der Waals surface area (Å²) < 4.78 is 13.4. The van der Waals surface area contributed by atoms with Crippen LogP contribution < -0.4 is 10.6 Å². The molecular formula is C17H24ClFN3. The van der Waals surface area contributed by atoms with Crippen LogP contribution in [0.5, 0.6) is 0 Å². The molecule has 0 bridgehead atoms. The minimum absolute atomic E-state index is 0.0384. The van der Waals surface area contributed by atoms with E-state index in [0.29, 0.717) is 0 Å². The fourth-order valence-corrected chi connectivity index (χ4v) is 3.72. The lowest BCUT2D eigenvalue weighted by atomic mass is 9.80. The Morgan fingerprint density at radius 3 is 2.82 bits per heavy atom. The zero-order valence-electron chi connectivity index (χ0n) is 12.9. The van der Waals surface area contributed by atoms with Gasteiger partial charge >= 0.3 is 0 Å². The first kappa shape index (κ1) is 16.0. The monoisotopic (exact) mass is 324 g/mol. The normalized spacial score (nSPS) is 22.5. The van der Waals surface area contributed by atoms with E-state index >= 15 is 0 Å². The average Bonchev–Trinajstić information content (AvgIpc) is 2.53. The van der Waals surface area contributed by atoms with Crippen LogP contribution in [0, 0.1) is 12.2 Å². The molecule has 1 aromatic carbocycles. The summed E-state index contributed by atoms with van der Waals surface area (Å²) in [5.74, 6) is -0.362. The molecule has 1 aliphatic carbocycles. The van der Waals surface area contributed by atoms with Gasteiger partial charge in [0.15, 0.2) is 0 Å². The quantitative estimate of drug-likeness (QED) is 0.889. The second-order valence-electron chi connectivity index (χ2n) is 6.45. The van der Waals surface area contributed by atoms with Gasteiger partial charge in [-0.15, -0.1) is 0 Å². The molecule has 2 N–H and O–H groups in total. The number of hydrogen-bond acceptors (Lipinski definition) is 3. The molecule has 2 aliphatic rings. The number of nitrogens with one attached hydrogen (secondary N) is 2. The van der Waals surface area contributed by atoms with E-state index in [4.69, 9.17) is 11.6 Å². The van der Waals surface area contributed by atoms with Crippen molar-refractivity contribution < 1.29 is 4.39 Å². The molecule has 1 aromatic rings. The third-order valence-corrected chi connectivity index (χ3v) is 4.95. The summed E-state index contributed by atoms with van der Waals surface area (Å²) in [5, 5.41) is 7.25. The molecule has 1 saturated heterocycles. The molecule has 5 heteroatoms. The van der Waals surface area contributed by atoms with Gasteiger partial charge in [-0.25, -0.2) is 4.39 Å². The lowest BCUT2D eigenvalue weighted by Crippen LogP contribution is -2.54. The van der Waals surface area contributed by atoms with Crippen LogP contribution in [0.1, 0.15) is 25.7 Å². The van der Waals surface area contributed by atoms with Crippen LogP contribution in [0.25, 0.3) is 0 Å². The molecule has 22 heavy (non-hydrogen) atoms. The first-order valence-corrected chi connectivity index (χ1v) is 8.53. The van der Waals surface area contributed by atoms with Crippen LogP contribution in [0.4, 0.5) is 10.1 Å². The molecule has 3 rings (SSSR count). The molecule has 1 heterocycles. The van der Waals surface area contributed by atoms with Gasteiger partial charge in [0, 0.05) is 38.4 Å². The van der Waals surface area contributed by atoms with E-state index in [-0.39, 0.29) is 16.4 Å². The number of hydrogen-bond donors (Lipinski definition) is 2. The summed E-state index contributed by atoms with van der Waals surface area (Å²) in [6.07, 6.45) is 6.96. The summed E-state index contributed by atoms with van der Waals surface area (Å²) in [7, 11) is 0. The van der Waals surface area contributed by atoms with Gasteiger partial charge in [0.2, 0.25) is 0 Å². The second-order valence-corrected chi connectivity index (χ2v) is 6.85. The van der Waals surface area contributed by atoms with Crippen molar-refractivity contribution >= 4 is 17.3 Å². The van der Waals surface area contributed by atoms with Crippen molar-refractivity contribution in [1.82, 2.24) is 10.2 Å². The van der Waals surface area contributed by atoms with Crippen molar-refractivity contribution in [3.05, 3.63) is 35.5 Å². The molecule has 0 amide bonds. The molecule has 0 spiro atoms. The van der Waals surface area contributed by atoms with Crippen molar-refractivity contribution in [2.45, 2.75) is 31.2 Å². The standard InChI is InChI=1S/C17H24ClFN3/c18-15-12-14(4-5-16(15)19)21-17(6-2-1-3-7-17)13-22-10-8-20-9-11-22/h2,4-5,12,20-21H,1,3,6-11,13H2. The molecule has 1 atom stereocenters. The Labute approximate surface area is 137 Å². The van der Waals surface area contributed by atoms with Gasteiger partial charge in [-0.05, 0) is 37.5 Å². The Balaban J connectivity index is 1.74. The van der Waals surface area contributed by atoms with Crippen LogP contribution in [0.15, 0.2) is 18.2 Å². The molecule has 121 valence electrons. The third kappa shape index (κ3) is 3.92. The predicted octanol–water partition coefficient (Wildman–Crippen LogP) is 3.31. The van der Waals surface area contributed by atoms with E-state index in [1.807, 2.05) is 0 Å². The fraction of sp³-hybridized carbons (Fsp3) is 0.588. The van der Waals surface area contributed by atoms with E-state index < -0.39 is 0 Å². The number of nitrogens with zero attached hydrogens (tertiary/aromatic N) is 1. The van der Waals surface area contributed by atoms with E-state index in [1.54, 1.807) is 12.1 Å². The van der Waals surface area contributed by atoms with Crippen LogP contribution in [-0.4, -0.2) is 43.2 Å². The fourth-order valence-electron chi connectivity index (χ4n) is 3.54. The minimum atomic E-state index is -0.362. The van der Waals surface area contributed by atoms with E-state index in [2.05, 4.69) is 22.0 Å². The minimum Gasteiger partial charge on any atom is -0.378 e. The summed E-state index contributed by atoms with van der Waals surface area (Å²) in [4.78, 5) is 2.52. The molecule has 3 nitrogen and oxygen atoms in total. The largest absolute Gasteiger partial charge is 0.378 e. The molecule has 1 radical (unpaired) electrons. The maximum absolute atomic E-state index is 13.4. The zero-order chi connectivity index (χ0) is 15.4. The number of benzene rings is 1. The third-order valence-electron chi connectivity index (χ3n) is 4.66. The second kappa shape index (κ2) is 7.16. The molecule has 1 unspecified atom stereocenters. The Morgan fingerprint density at radius 1 is 1.32 bits per heavy atom. The van der Waals surface area contributed by atoms with Gasteiger partial charge < -0.3 is 10.6 Å². The first-order valence-electron chi connectivity index (χ1n) is 8.15. The SMILES string of the molecule is Fc1ccc(NC2(CN3CCNCC3)C[CH]CCC2)cc1Cl. The smallest absolute Gasteiger partial charge is 0.141 e. The lowest BCUT2D eigenvalue weighted by Gasteiger charge is -2.43. The Morgan fingerprint density at radius 2 is 2.14 bits per heavy atom. The average molecular weight is 325 g/mol. The highest BCUT2D eigenvalue weighted by atomic mass is 35.5. The highest BCUT2D eigenvalue weighted by molar-refractivity contribution is 6.31. The summed E-state index contributed by atoms with van der Waals surface area (Å²) in [6, 6.07) is 4.93. The van der Waals surface area contributed by atoms with E-state index in [0.717, 1.165) is 51.3 Å². The van der Waals surface area contributed by atoms with Crippen LogP contribution in [-0.2, 0) is 0 Å². The van der Waals surface area contributed by atoms with Gasteiger partial charge in [-0.2, -0.15) is 0 Å². The predicted molar refractivity (Wildman–Crippen MR) is 89.8 cm³/mol. The molecule has 1 aliphatic heterocycles. The van der Waals surface area contributed by atoms with Gasteiger partial charge in [0.1, 0.15) is 5.82 Å². The van der Waals surface area contributed by atoms with Crippen molar-refractivity contribution in [2.24, 2.45) is 0 Å². The van der Waals surface area contributed by atoms with Crippen LogP contribution in [0.3, 0.4) is 0 Å². The zero-order valence-corrected chi connectivity index (χ0v) is 13.6. The Hall–Kier alpha value is -0.840. The van der Waals surface area contributed by atoms with E-state index in [1.165, 1.54) is 18.9 Å². The Kier molecular flexibility index (Phi) is 5.21. The summed E-state index contributed by atoms with van der Waals surface area (Å²) >= 11 is 5.93. The van der Waals surface area contributed by atoms with E-state index in [9.17, 15) is 4.39 Å². The summed E-state index contributed by atoms with van der Waals surface area (Å²) in [5.41, 5.74) is 0.952. The van der Waals surface area contributed by atoms with Gasteiger partial charge in [0.25, 0.3) is 0 Å². The molecular weight excluding hydrogens is 301 g/mol. The lowest BCUT2D eigenvalue weighted by molar-refractivity contribution is 0.180. The van der Waals surface area contributed by atoms with Gasteiger partial charge in [-0.3, -0.25) is 4.90 Å². The van der Waals surface area contributed by atoms with Gasteiger partial charge in [-0.1, -0.05) is 24.4 Å². The topological polar surface area (TPSA) is 27.3 Å². The maximum Gasteiger partial charge on any atom is 0.141 e. The van der Waals surface area contributed by atoms with Crippen molar-refractivity contribution in [2.75, 3.05) is 38.0 Å². The molecule has 0 aromatic heterocycles.